The molecular formula is C13H8ClN3O2. The molecular weight excluding hydrogens is 266 g/mol. The number of pyridine rings is 1. The summed E-state index contributed by atoms with van der Waals surface area (Å²) in [6.07, 6.45) is 3.15. The molecule has 0 spiro atoms. The van der Waals surface area contributed by atoms with Gasteiger partial charge in [-0.1, -0.05) is 11.6 Å². The highest BCUT2D eigenvalue weighted by atomic mass is 35.5. The molecule has 1 aromatic carbocycles. The van der Waals surface area contributed by atoms with Gasteiger partial charge in [0.25, 0.3) is 0 Å². The van der Waals surface area contributed by atoms with Crippen LogP contribution in [0.5, 0.6) is 5.88 Å². The molecule has 3 aromatic rings. The molecule has 0 fully saturated rings. The van der Waals surface area contributed by atoms with E-state index in [2.05, 4.69) is 9.97 Å². The Morgan fingerprint density at radius 2 is 2.11 bits per heavy atom. The van der Waals surface area contributed by atoms with Gasteiger partial charge in [-0.25, -0.2) is 4.79 Å². The van der Waals surface area contributed by atoms with Crippen LogP contribution in [0.15, 0.2) is 47.5 Å². The van der Waals surface area contributed by atoms with Crippen molar-refractivity contribution in [2.75, 3.05) is 0 Å². The third-order valence-corrected chi connectivity index (χ3v) is 2.97. The van der Waals surface area contributed by atoms with Crippen LogP contribution in [-0.4, -0.2) is 19.6 Å². The Bertz CT molecular complexity index is 815. The van der Waals surface area contributed by atoms with Crippen molar-refractivity contribution in [3.63, 3.8) is 0 Å². The van der Waals surface area contributed by atoms with Gasteiger partial charge in [-0.3, -0.25) is 9.55 Å². The zero-order valence-electron chi connectivity index (χ0n) is 9.62. The molecule has 3 rings (SSSR count). The van der Waals surface area contributed by atoms with Gasteiger partial charge in [0.2, 0.25) is 5.88 Å². The summed E-state index contributed by atoms with van der Waals surface area (Å²) in [5.41, 5.74) is 0.463. The number of halogens is 1. The highest BCUT2D eigenvalue weighted by molar-refractivity contribution is 6.31. The number of benzene rings is 1. The fraction of sp³-hybridized carbons (Fsp3) is 0. The van der Waals surface area contributed by atoms with Crippen LogP contribution in [0.4, 0.5) is 0 Å². The summed E-state index contributed by atoms with van der Waals surface area (Å²) >= 11 is 5.95. The number of nitrogens with zero attached hydrogens (tertiary/aromatic N) is 3. The van der Waals surface area contributed by atoms with E-state index in [1.54, 1.807) is 42.7 Å². The van der Waals surface area contributed by atoms with E-state index < -0.39 is 5.69 Å². The second-order valence-corrected chi connectivity index (χ2v) is 4.36. The van der Waals surface area contributed by atoms with Crippen LogP contribution in [0.3, 0.4) is 0 Å². The fourth-order valence-corrected chi connectivity index (χ4v) is 2.08. The molecule has 0 atom stereocenters. The molecule has 2 heterocycles. The van der Waals surface area contributed by atoms with Crippen LogP contribution in [0.25, 0.3) is 16.6 Å². The van der Waals surface area contributed by atoms with Gasteiger partial charge in [-0.2, -0.15) is 4.98 Å². The first kappa shape index (κ1) is 11.7. The second kappa shape index (κ2) is 4.37. The lowest BCUT2D eigenvalue weighted by Crippen LogP contribution is -2.21. The van der Waals surface area contributed by atoms with Gasteiger partial charge < -0.3 is 5.11 Å². The van der Waals surface area contributed by atoms with Gasteiger partial charge in [-0.05, 0) is 30.3 Å². The van der Waals surface area contributed by atoms with Crippen molar-refractivity contribution in [2.24, 2.45) is 0 Å². The summed E-state index contributed by atoms with van der Waals surface area (Å²) < 4.78 is 1.36. The van der Waals surface area contributed by atoms with E-state index in [0.717, 1.165) is 0 Å². The molecule has 2 aromatic heterocycles. The van der Waals surface area contributed by atoms with Crippen LogP contribution in [-0.2, 0) is 0 Å². The summed E-state index contributed by atoms with van der Waals surface area (Å²) in [4.78, 5) is 19.6. The highest BCUT2D eigenvalue weighted by Gasteiger charge is 2.11. The lowest BCUT2D eigenvalue weighted by molar-refractivity contribution is 0.456. The molecule has 0 bridgehead atoms. The van der Waals surface area contributed by atoms with E-state index in [1.165, 1.54) is 4.57 Å². The second-order valence-electron chi connectivity index (χ2n) is 3.93. The minimum Gasteiger partial charge on any atom is -0.493 e. The van der Waals surface area contributed by atoms with Crippen LogP contribution in [0.1, 0.15) is 0 Å². The summed E-state index contributed by atoms with van der Waals surface area (Å²) in [5, 5.41) is 10.7. The summed E-state index contributed by atoms with van der Waals surface area (Å²) in [7, 11) is 0. The van der Waals surface area contributed by atoms with Crippen molar-refractivity contribution in [1.82, 2.24) is 14.5 Å². The first-order valence-corrected chi connectivity index (χ1v) is 5.86. The maximum absolute atomic E-state index is 12.0. The molecule has 0 unspecified atom stereocenters. The minimum absolute atomic E-state index is 0.309. The van der Waals surface area contributed by atoms with E-state index >= 15 is 0 Å². The molecule has 5 nitrogen and oxygen atoms in total. The fourth-order valence-electron chi connectivity index (χ4n) is 1.92. The predicted octanol–water partition coefficient (Wildman–Crippen LogP) is 2.14. The first-order valence-electron chi connectivity index (χ1n) is 5.48. The topological polar surface area (TPSA) is 68.0 Å². The van der Waals surface area contributed by atoms with Gasteiger partial charge in [-0.15, -0.1) is 0 Å². The Morgan fingerprint density at radius 3 is 2.84 bits per heavy atom. The minimum atomic E-state index is -0.583. The van der Waals surface area contributed by atoms with Crippen molar-refractivity contribution in [2.45, 2.75) is 0 Å². The Balaban J connectivity index is 2.48. The zero-order chi connectivity index (χ0) is 13.4. The molecule has 1 N–H and O–H groups in total. The van der Waals surface area contributed by atoms with Gasteiger partial charge in [0.15, 0.2) is 0 Å². The average Bonchev–Trinajstić information content (AvgIpc) is 2.39. The summed E-state index contributed by atoms with van der Waals surface area (Å²) in [5.74, 6) is -0.309. The number of hydrogen-bond donors (Lipinski definition) is 1. The first-order chi connectivity index (χ1) is 9.16. The quantitative estimate of drug-likeness (QED) is 0.737. The molecule has 19 heavy (non-hydrogen) atoms. The lowest BCUT2D eigenvalue weighted by atomic mass is 10.2. The molecule has 0 amide bonds. The molecule has 0 saturated carbocycles. The number of fused-ring (bicyclic) bond motifs is 1. The SMILES string of the molecule is O=c1nc(O)c2ccc(Cl)cc2n1-c1cccnc1. The molecule has 6 heteroatoms. The van der Waals surface area contributed by atoms with E-state index in [-0.39, 0.29) is 5.88 Å². The molecule has 94 valence electrons. The van der Waals surface area contributed by atoms with Gasteiger partial charge in [0.1, 0.15) is 0 Å². The van der Waals surface area contributed by atoms with E-state index in [0.29, 0.717) is 21.6 Å². The number of hydrogen-bond acceptors (Lipinski definition) is 4. The zero-order valence-corrected chi connectivity index (χ0v) is 10.4. The summed E-state index contributed by atoms with van der Waals surface area (Å²) in [6.45, 7) is 0. The van der Waals surface area contributed by atoms with Crippen molar-refractivity contribution in [1.29, 1.82) is 0 Å². The highest BCUT2D eigenvalue weighted by Crippen LogP contribution is 2.25. The number of aromatic hydroxyl groups is 1. The van der Waals surface area contributed by atoms with Crippen molar-refractivity contribution < 1.29 is 5.11 Å². The van der Waals surface area contributed by atoms with Crippen LogP contribution < -0.4 is 5.69 Å². The van der Waals surface area contributed by atoms with Crippen molar-refractivity contribution >= 4 is 22.5 Å². The van der Waals surface area contributed by atoms with Crippen LogP contribution in [0.2, 0.25) is 5.02 Å². The van der Waals surface area contributed by atoms with Gasteiger partial charge >= 0.3 is 5.69 Å². The third-order valence-electron chi connectivity index (χ3n) is 2.74. The predicted molar refractivity (Wildman–Crippen MR) is 71.8 cm³/mol. The number of aromatic nitrogens is 3. The largest absolute Gasteiger partial charge is 0.493 e. The smallest absolute Gasteiger partial charge is 0.356 e. The average molecular weight is 274 g/mol. The summed E-state index contributed by atoms with van der Waals surface area (Å²) in [6, 6.07) is 8.29. The van der Waals surface area contributed by atoms with E-state index in [9.17, 15) is 9.90 Å². The maximum Gasteiger partial charge on any atom is 0.356 e. The van der Waals surface area contributed by atoms with Crippen molar-refractivity contribution in [3.05, 3.63) is 58.2 Å². The molecule has 0 aliphatic heterocycles. The standard InChI is InChI=1S/C13H8ClN3O2/c14-8-3-4-10-11(6-8)17(13(19)16-12(10)18)9-2-1-5-15-7-9/h1-7H,(H,16,18,19). The molecule has 0 aliphatic rings. The molecule has 0 saturated heterocycles. The maximum atomic E-state index is 12.0. The van der Waals surface area contributed by atoms with E-state index in [4.69, 9.17) is 11.6 Å². The van der Waals surface area contributed by atoms with Gasteiger partial charge in [0.05, 0.1) is 22.8 Å². The number of rotatable bonds is 1. The molecule has 0 aliphatic carbocycles. The van der Waals surface area contributed by atoms with Crippen LogP contribution >= 0.6 is 11.6 Å². The van der Waals surface area contributed by atoms with E-state index in [1.807, 2.05) is 0 Å². The van der Waals surface area contributed by atoms with Gasteiger partial charge in [0, 0.05) is 11.2 Å². The van der Waals surface area contributed by atoms with Crippen LogP contribution in [0, 0.1) is 0 Å². The Labute approximate surface area is 112 Å². The Morgan fingerprint density at radius 1 is 1.26 bits per heavy atom. The van der Waals surface area contributed by atoms with Crippen molar-refractivity contribution in [3.8, 4) is 11.6 Å². The Hall–Kier alpha value is -2.40. The monoisotopic (exact) mass is 273 g/mol. The Kier molecular flexibility index (Phi) is 2.68. The molecule has 0 radical (unpaired) electrons. The third kappa shape index (κ3) is 1.94. The normalized spacial score (nSPS) is 10.8. The lowest BCUT2D eigenvalue weighted by Gasteiger charge is -2.10.